The summed E-state index contributed by atoms with van der Waals surface area (Å²) in [5.74, 6) is -0.813. The lowest BCUT2D eigenvalue weighted by atomic mass is 9.93. The van der Waals surface area contributed by atoms with Crippen LogP contribution in [0, 0.1) is 0 Å². The van der Waals surface area contributed by atoms with Crippen molar-refractivity contribution in [2.24, 2.45) is 4.99 Å². The van der Waals surface area contributed by atoms with Crippen LogP contribution in [0.3, 0.4) is 0 Å². The standard InChI is InChI=1S/C32H25N3O4S/c1-3-19-34-23-18-12-11-17-22(23)24(29(34)36)28-30(37)35-27(21-15-9-6-10-16-21)25(31(38)39-4-2)26(33-32(35)40-28)20-13-7-5-8-14-20/h3,5-18,27H,1,4,19H2,2H3/b28-24+/t27-/m1/s1. The van der Waals surface area contributed by atoms with Gasteiger partial charge >= 0.3 is 5.97 Å². The molecule has 8 heteroatoms. The molecule has 40 heavy (non-hydrogen) atoms. The average Bonchev–Trinajstić information content (AvgIpc) is 3.45. The molecule has 6 rings (SSSR count). The third-order valence-corrected chi connectivity index (χ3v) is 7.98. The van der Waals surface area contributed by atoms with Crippen LogP contribution in [0.2, 0.25) is 0 Å². The fraction of sp³-hybridized carbons (Fsp3) is 0.125. The molecule has 0 spiro atoms. The number of nitrogens with zero attached hydrogens (tertiary/aromatic N) is 3. The predicted octanol–water partition coefficient (Wildman–Crippen LogP) is 3.84. The molecule has 0 N–H and O–H groups in total. The molecule has 0 bridgehead atoms. The second-order valence-electron chi connectivity index (χ2n) is 9.26. The number of benzene rings is 3. The molecule has 0 aliphatic carbocycles. The summed E-state index contributed by atoms with van der Waals surface area (Å²) in [6.07, 6.45) is 1.66. The Bertz CT molecular complexity index is 1870. The lowest BCUT2D eigenvalue weighted by molar-refractivity contribution is -0.138. The lowest BCUT2D eigenvalue weighted by Gasteiger charge is -2.25. The summed E-state index contributed by atoms with van der Waals surface area (Å²) in [5, 5.41) is 0. The predicted molar refractivity (Wildman–Crippen MR) is 155 cm³/mol. The van der Waals surface area contributed by atoms with E-state index in [-0.39, 0.29) is 28.2 Å². The quantitative estimate of drug-likeness (QED) is 0.271. The molecule has 0 saturated carbocycles. The van der Waals surface area contributed by atoms with E-state index in [1.807, 2.05) is 84.9 Å². The highest BCUT2D eigenvalue weighted by molar-refractivity contribution is 7.07. The first-order valence-corrected chi connectivity index (χ1v) is 13.7. The van der Waals surface area contributed by atoms with E-state index in [1.165, 1.54) is 4.57 Å². The first kappa shape index (κ1) is 25.5. The van der Waals surface area contributed by atoms with Crippen LogP contribution in [0.1, 0.15) is 29.7 Å². The highest BCUT2D eigenvalue weighted by Crippen LogP contribution is 2.37. The fourth-order valence-electron chi connectivity index (χ4n) is 5.25. The van der Waals surface area contributed by atoms with Gasteiger partial charge in [-0.05, 0) is 18.6 Å². The summed E-state index contributed by atoms with van der Waals surface area (Å²) < 4.78 is 7.31. The van der Waals surface area contributed by atoms with E-state index in [9.17, 15) is 14.4 Å². The average molecular weight is 548 g/mol. The molecule has 4 aromatic rings. The summed E-state index contributed by atoms with van der Waals surface area (Å²) in [6.45, 7) is 6.02. The zero-order chi connectivity index (χ0) is 27.8. The van der Waals surface area contributed by atoms with Crippen LogP contribution < -0.4 is 19.8 Å². The maximum Gasteiger partial charge on any atom is 0.338 e. The van der Waals surface area contributed by atoms with Crippen LogP contribution in [0.4, 0.5) is 5.69 Å². The Morgan fingerprint density at radius 1 is 1.00 bits per heavy atom. The number of para-hydroxylation sites is 1. The van der Waals surface area contributed by atoms with Gasteiger partial charge in [-0.2, -0.15) is 0 Å². The molecule has 1 amide bonds. The second-order valence-corrected chi connectivity index (χ2v) is 10.2. The molecule has 2 aliphatic rings. The van der Waals surface area contributed by atoms with Crippen LogP contribution in [0.15, 0.2) is 113 Å². The minimum Gasteiger partial charge on any atom is -0.463 e. The van der Waals surface area contributed by atoms with Crippen molar-refractivity contribution in [2.75, 3.05) is 18.1 Å². The summed E-state index contributed by atoms with van der Waals surface area (Å²) in [4.78, 5) is 48.4. The molecule has 198 valence electrons. The van der Waals surface area contributed by atoms with Crippen molar-refractivity contribution in [3.63, 3.8) is 0 Å². The van der Waals surface area contributed by atoms with Crippen LogP contribution in [0.25, 0.3) is 11.3 Å². The van der Waals surface area contributed by atoms with Crippen LogP contribution in [0.5, 0.6) is 0 Å². The third kappa shape index (κ3) is 4.04. The summed E-state index contributed by atoms with van der Waals surface area (Å²) >= 11 is 1.16. The maximum atomic E-state index is 14.3. The molecule has 3 heterocycles. The SMILES string of the molecule is C=CCN1C(=O)/C(=c2/sc3n(c2=O)[C@H](c2ccccc2)C(C(=O)OCC)=C(c2ccccc2)N=3)c2ccccc21. The van der Waals surface area contributed by atoms with Crippen LogP contribution in [-0.4, -0.2) is 29.6 Å². The van der Waals surface area contributed by atoms with E-state index in [1.54, 1.807) is 17.9 Å². The van der Waals surface area contributed by atoms with Crippen molar-refractivity contribution in [2.45, 2.75) is 13.0 Å². The molecule has 3 aromatic carbocycles. The number of amides is 1. The molecule has 0 unspecified atom stereocenters. The largest absolute Gasteiger partial charge is 0.463 e. The Labute approximate surface area is 234 Å². The minimum atomic E-state index is -0.794. The van der Waals surface area contributed by atoms with Gasteiger partial charge in [-0.15, -0.1) is 6.58 Å². The Morgan fingerprint density at radius 2 is 1.68 bits per heavy atom. The molecular weight excluding hydrogens is 522 g/mol. The molecular formula is C32H25N3O4S. The molecule has 0 radical (unpaired) electrons. The summed E-state index contributed by atoms with van der Waals surface area (Å²) in [5.41, 5.74) is 3.53. The molecule has 1 aromatic heterocycles. The highest BCUT2D eigenvalue weighted by atomic mass is 32.1. The maximum absolute atomic E-state index is 14.3. The molecule has 2 aliphatic heterocycles. The van der Waals surface area contributed by atoms with Crippen molar-refractivity contribution in [1.29, 1.82) is 0 Å². The summed E-state index contributed by atoms with van der Waals surface area (Å²) in [7, 11) is 0. The van der Waals surface area contributed by atoms with Gasteiger partial charge in [0, 0.05) is 17.7 Å². The van der Waals surface area contributed by atoms with Gasteiger partial charge in [0.25, 0.3) is 11.5 Å². The van der Waals surface area contributed by atoms with E-state index in [0.717, 1.165) is 28.2 Å². The third-order valence-electron chi connectivity index (χ3n) is 6.93. The van der Waals surface area contributed by atoms with Crippen molar-refractivity contribution in [1.82, 2.24) is 4.57 Å². The molecule has 7 nitrogen and oxygen atoms in total. The number of ether oxygens (including phenoxy) is 1. The van der Waals surface area contributed by atoms with Crippen molar-refractivity contribution < 1.29 is 14.3 Å². The number of thiazole rings is 1. The van der Waals surface area contributed by atoms with Gasteiger partial charge in [-0.25, -0.2) is 9.79 Å². The number of hydrogen-bond donors (Lipinski definition) is 0. The summed E-state index contributed by atoms with van der Waals surface area (Å²) in [6, 6.07) is 25.4. The van der Waals surface area contributed by atoms with Gasteiger partial charge in [-0.1, -0.05) is 96.3 Å². The smallest absolute Gasteiger partial charge is 0.338 e. The fourth-order valence-corrected chi connectivity index (χ4v) is 6.34. The molecule has 1 atom stereocenters. The zero-order valence-electron chi connectivity index (χ0n) is 21.7. The van der Waals surface area contributed by atoms with E-state index in [4.69, 9.17) is 9.73 Å². The normalized spacial score (nSPS) is 17.3. The minimum absolute atomic E-state index is 0.172. The van der Waals surface area contributed by atoms with E-state index >= 15 is 0 Å². The zero-order valence-corrected chi connectivity index (χ0v) is 22.6. The number of carbonyl (C=O) groups is 2. The number of hydrogen-bond acceptors (Lipinski definition) is 6. The second kappa shape index (κ2) is 10.4. The number of rotatable bonds is 6. The van der Waals surface area contributed by atoms with E-state index in [2.05, 4.69) is 6.58 Å². The Hall–Kier alpha value is -4.82. The lowest BCUT2D eigenvalue weighted by Crippen LogP contribution is -2.41. The first-order chi connectivity index (χ1) is 19.5. The van der Waals surface area contributed by atoms with E-state index in [0.29, 0.717) is 28.2 Å². The Balaban J connectivity index is 1.71. The number of aromatic nitrogens is 1. The van der Waals surface area contributed by atoms with Crippen molar-refractivity contribution in [3.05, 3.63) is 140 Å². The van der Waals surface area contributed by atoms with Gasteiger partial charge in [0.05, 0.1) is 35.2 Å². The van der Waals surface area contributed by atoms with Crippen molar-refractivity contribution >= 4 is 40.2 Å². The number of esters is 1. The number of carbonyl (C=O) groups excluding carboxylic acids is 2. The first-order valence-electron chi connectivity index (χ1n) is 12.9. The Kier molecular flexibility index (Phi) is 6.61. The van der Waals surface area contributed by atoms with Gasteiger partial charge in [0.15, 0.2) is 4.80 Å². The van der Waals surface area contributed by atoms with Crippen LogP contribution in [-0.2, 0) is 14.3 Å². The van der Waals surface area contributed by atoms with Gasteiger partial charge in [-0.3, -0.25) is 14.2 Å². The topological polar surface area (TPSA) is 81.0 Å². The Morgan fingerprint density at radius 3 is 2.38 bits per heavy atom. The molecule has 0 saturated heterocycles. The number of anilines is 1. The van der Waals surface area contributed by atoms with Gasteiger partial charge in [0.2, 0.25) is 0 Å². The van der Waals surface area contributed by atoms with Gasteiger partial charge in [0.1, 0.15) is 4.53 Å². The van der Waals surface area contributed by atoms with Crippen molar-refractivity contribution in [3.8, 4) is 0 Å². The van der Waals surface area contributed by atoms with Crippen LogP contribution >= 0.6 is 11.3 Å². The number of fused-ring (bicyclic) bond motifs is 2. The molecule has 0 fully saturated rings. The van der Waals surface area contributed by atoms with Gasteiger partial charge < -0.3 is 9.64 Å². The van der Waals surface area contributed by atoms with E-state index < -0.39 is 12.0 Å². The monoisotopic (exact) mass is 547 g/mol. The highest BCUT2D eigenvalue weighted by Gasteiger charge is 2.37.